The van der Waals surface area contributed by atoms with Gasteiger partial charge in [-0.15, -0.1) is 11.3 Å². The fourth-order valence-corrected chi connectivity index (χ4v) is 6.17. The summed E-state index contributed by atoms with van der Waals surface area (Å²) in [6.45, 7) is 8.90. The molecule has 2 heterocycles. The first-order valence-corrected chi connectivity index (χ1v) is 17.9. The number of carboxylic acid groups (broad SMARTS) is 1. The minimum absolute atomic E-state index is 0.131. The number of hydrogen-bond acceptors (Lipinski definition) is 8. The molecule has 3 N–H and O–H groups in total. The van der Waals surface area contributed by atoms with Gasteiger partial charge in [0.1, 0.15) is 11.8 Å². The first kappa shape index (κ1) is 38.2. The molecule has 0 aliphatic carbocycles. The summed E-state index contributed by atoms with van der Waals surface area (Å²) >= 11 is 1.36. The molecule has 2 aromatic carbocycles. The Morgan fingerprint density at radius 2 is 1.48 bits per heavy atom. The first-order chi connectivity index (χ1) is 24.0. The van der Waals surface area contributed by atoms with E-state index in [9.17, 15) is 19.5 Å². The molecular formula is C39H48N4O6S. The van der Waals surface area contributed by atoms with Gasteiger partial charge < -0.3 is 25.2 Å². The Labute approximate surface area is 298 Å². The second kappa shape index (κ2) is 18.4. The lowest BCUT2D eigenvalue weighted by Crippen LogP contribution is -2.53. The lowest BCUT2D eigenvalue weighted by Gasteiger charge is -2.21. The molecule has 2 atom stereocenters. The zero-order valence-corrected chi connectivity index (χ0v) is 30.3. The van der Waals surface area contributed by atoms with Crippen LogP contribution >= 0.6 is 11.3 Å². The van der Waals surface area contributed by atoms with E-state index >= 15 is 0 Å². The summed E-state index contributed by atoms with van der Waals surface area (Å²) in [5, 5.41) is 14.9. The van der Waals surface area contributed by atoms with E-state index in [-0.39, 0.29) is 18.4 Å². The Morgan fingerprint density at radius 1 is 0.820 bits per heavy atom. The molecular weight excluding hydrogens is 653 g/mol. The number of amides is 2. The van der Waals surface area contributed by atoms with Crippen molar-refractivity contribution in [1.82, 2.24) is 20.6 Å². The van der Waals surface area contributed by atoms with Crippen LogP contribution in [0.15, 0.2) is 73.1 Å². The maximum Gasteiger partial charge on any atom is 0.328 e. The van der Waals surface area contributed by atoms with Crippen molar-refractivity contribution >= 4 is 29.1 Å². The summed E-state index contributed by atoms with van der Waals surface area (Å²) in [4.78, 5) is 49.0. The highest BCUT2D eigenvalue weighted by atomic mass is 32.1. The number of methoxy groups -OCH3 is 1. The van der Waals surface area contributed by atoms with Crippen molar-refractivity contribution in [3.05, 3.63) is 88.4 Å². The normalized spacial score (nSPS) is 12.6. The standard InChI is InChI=1S/C39H48N4O6S/c1-6-7-8-9-10-21-49-30-17-15-27(16-18-30)29-23-40-35(41-24-29)28-13-11-26(12-14-28)22-31(36(44)43-32(25-48-5)38(46)47)42-37(45)33-19-20-34(50-33)39(2,3)4/h11-20,23-24,31-32H,6-10,21-22,25H2,1-5H3,(H,42,45)(H,43,44)(H,46,47). The molecule has 4 aromatic rings. The van der Waals surface area contributed by atoms with Crippen molar-refractivity contribution in [3.8, 4) is 28.3 Å². The SMILES string of the molecule is CCCCCCCOc1ccc(-c2cnc(-c3ccc(CC(NC(=O)c4ccc(C(C)(C)C)s4)C(=O)NC(COC)C(=O)O)cc3)nc2)cc1. The van der Waals surface area contributed by atoms with Gasteiger partial charge in [-0.05, 0) is 47.2 Å². The van der Waals surface area contributed by atoms with E-state index in [1.54, 1.807) is 18.5 Å². The van der Waals surface area contributed by atoms with Crippen LogP contribution in [0.3, 0.4) is 0 Å². The number of ether oxygens (including phenoxy) is 2. The molecule has 0 saturated carbocycles. The third kappa shape index (κ3) is 11.2. The lowest BCUT2D eigenvalue weighted by molar-refractivity contribution is -0.143. The number of hydrogen-bond donors (Lipinski definition) is 3. The molecule has 0 bridgehead atoms. The molecule has 0 spiro atoms. The molecule has 2 amide bonds. The van der Waals surface area contributed by atoms with Crippen molar-refractivity contribution in [2.24, 2.45) is 0 Å². The molecule has 0 aliphatic rings. The van der Waals surface area contributed by atoms with Gasteiger partial charge in [-0.3, -0.25) is 9.59 Å². The predicted octanol–water partition coefficient (Wildman–Crippen LogP) is 7.08. The number of nitrogens with zero attached hydrogens (tertiary/aromatic N) is 2. The van der Waals surface area contributed by atoms with Crippen molar-refractivity contribution in [1.29, 1.82) is 0 Å². The minimum atomic E-state index is -1.26. The molecule has 0 saturated heterocycles. The number of nitrogens with one attached hydrogen (secondary N) is 2. The van der Waals surface area contributed by atoms with Crippen LogP contribution < -0.4 is 15.4 Å². The minimum Gasteiger partial charge on any atom is -0.494 e. The molecule has 50 heavy (non-hydrogen) atoms. The second-order valence-corrected chi connectivity index (χ2v) is 14.4. The number of benzene rings is 2. The number of unbranched alkanes of at least 4 members (excludes halogenated alkanes) is 4. The zero-order chi connectivity index (χ0) is 36.1. The average molecular weight is 701 g/mol. The van der Waals surface area contributed by atoms with Crippen LogP contribution in [-0.2, 0) is 26.2 Å². The second-order valence-electron chi connectivity index (χ2n) is 13.3. The van der Waals surface area contributed by atoms with Gasteiger partial charge in [-0.1, -0.05) is 89.8 Å². The van der Waals surface area contributed by atoms with E-state index in [1.807, 2.05) is 54.6 Å². The molecule has 11 heteroatoms. The molecule has 0 fully saturated rings. The van der Waals surface area contributed by atoms with Gasteiger partial charge in [0, 0.05) is 41.9 Å². The highest BCUT2D eigenvalue weighted by molar-refractivity contribution is 7.14. The van der Waals surface area contributed by atoms with Gasteiger partial charge in [0.15, 0.2) is 11.9 Å². The Kier molecular flexibility index (Phi) is 14.1. The summed E-state index contributed by atoms with van der Waals surface area (Å²) in [6, 6.07) is 16.7. The van der Waals surface area contributed by atoms with Gasteiger partial charge in [0.05, 0.1) is 18.1 Å². The van der Waals surface area contributed by atoms with Crippen molar-refractivity contribution < 1.29 is 29.0 Å². The molecule has 0 radical (unpaired) electrons. The van der Waals surface area contributed by atoms with E-state index in [1.165, 1.54) is 44.1 Å². The largest absolute Gasteiger partial charge is 0.494 e. The van der Waals surface area contributed by atoms with Crippen LogP contribution in [0.5, 0.6) is 5.75 Å². The van der Waals surface area contributed by atoms with Gasteiger partial charge in [0.25, 0.3) is 5.91 Å². The molecule has 266 valence electrons. The third-order valence-corrected chi connectivity index (χ3v) is 9.66. The van der Waals surface area contributed by atoms with Crippen molar-refractivity contribution in [2.45, 2.75) is 83.7 Å². The van der Waals surface area contributed by atoms with E-state index in [4.69, 9.17) is 9.47 Å². The Bertz CT molecular complexity index is 1680. The van der Waals surface area contributed by atoms with Crippen LogP contribution in [0.2, 0.25) is 0 Å². The summed E-state index contributed by atoms with van der Waals surface area (Å²) < 4.78 is 10.9. The van der Waals surface area contributed by atoms with Crippen molar-refractivity contribution in [2.75, 3.05) is 20.3 Å². The van der Waals surface area contributed by atoms with E-state index in [0.29, 0.717) is 10.7 Å². The van der Waals surface area contributed by atoms with Gasteiger partial charge in [0.2, 0.25) is 5.91 Å². The molecule has 2 unspecified atom stereocenters. The topological polar surface area (TPSA) is 140 Å². The maximum atomic E-state index is 13.3. The fourth-order valence-electron chi connectivity index (χ4n) is 5.21. The van der Waals surface area contributed by atoms with Crippen molar-refractivity contribution in [3.63, 3.8) is 0 Å². The summed E-state index contributed by atoms with van der Waals surface area (Å²) in [5.74, 6) is -0.876. The predicted molar refractivity (Wildman–Crippen MR) is 197 cm³/mol. The quantitative estimate of drug-likeness (QED) is 0.0937. The summed E-state index contributed by atoms with van der Waals surface area (Å²) in [7, 11) is 1.36. The lowest BCUT2D eigenvalue weighted by atomic mass is 9.95. The molecule has 2 aromatic heterocycles. The number of carbonyl (C=O) groups is 3. The van der Waals surface area contributed by atoms with E-state index in [0.717, 1.165) is 45.9 Å². The Hall–Kier alpha value is -4.61. The molecule has 10 nitrogen and oxygen atoms in total. The highest BCUT2D eigenvalue weighted by Gasteiger charge is 2.28. The van der Waals surface area contributed by atoms with Gasteiger partial charge in [-0.2, -0.15) is 0 Å². The zero-order valence-electron chi connectivity index (χ0n) is 29.5. The maximum absolute atomic E-state index is 13.3. The summed E-state index contributed by atoms with van der Waals surface area (Å²) in [6.07, 6.45) is 9.69. The monoisotopic (exact) mass is 700 g/mol. The van der Waals surface area contributed by atoms with E-state index < -0.39 is 29.9 Å². The van der Waals surface area contributed by atoms with Crippen LogP contribution in [0.4, 0.5) is 0 Å². The van der Waals surface area contributed by atoms with Crippen LogP contribution in [0.25, 0.3) is 22.5 Å². The summed E-state index contributed by atoms with van der Waals surface area (Å²) in [5.41, 5.74) is 3.28. The van der Waals surface area contributed by atoms with Crippen LogP contribution in [0.1, 0.15) is 79.9 Å². The Morgan fingerprint density at radius 3 is 2.08 bits per heavy atom. The number of rotatable bonds is 18. The number of aromatic nitrogens is 2. The number of aliphatic carboxylic acids is 1. The number of carboxylic acids is 1. The van der Waals surface area contributed by atoms with E-state index in [2.05, 4.69) is 48.3 Å². The molecule has 4 rings (SSSR count). The number of carbonyl (C=O) groups excluding carboxylic acids is 2. The Balaban J connectivity index is 1.42. The molecule has 0 aliphatic heterocycles. The first-order valence-electron chi connectivity index (χ1n) is 17.1. The van der Waals surface area contributed by atoms with Gasteiger partial charge in [-0.25, -0.2) is 14.8 Å². The van der Waals surface area contributed by atoms with Gasteiger partial charge >= 0.3 is 5.97 Å². The highest BCUT2D eigenvalue weighted by Crippen LogP contribution is 2.29. The van der Waals surface area contributed by atoms with Crippen LogP contribution in [0, 0.1) is 0 Å². The smallest absolute Gasteiger partial charge is 0.328 e. The number of thiophene rings is 1. The average Bonchev–Trinajstić information content (AvgIpc) is 3.62. The third-order valence-electron chi connectivity index (χ3n) is 8.15. The van der Waals surface area contributed by atoms with Crippen LogP contribution in [-0.4, -0.2) is 65.3 Å². The fraction of sp³-hybridized carbons (Fsp3) is 0.410.